The number of carbonyl (C=O) groups excluding carboxylic acids is 1. The van der Waals surface area contributed by atoms with Gasteiger partial charge in [-0.05, 0) is 38.0 Å². The Hall–Kier alpha value is -2.05. The lowest BCUT2D eigenvalue weighted by Crippen LogP contribution is -2.37. The van der Waals surface area contributed by atoms with Gasteiger partial charge in [0.25, 0.3) is 0 Å². The second-order valence-corrected chi connectivity index (χ2v) is 7.42. The summed E-state index contributed by atoms with van der Waals surface area (Å²) in [7, 11) is 3.64. The highest BCUT2D eigenvalue weighted by Crippen LogP contribution is 2.28. The number of nitrogens with two attached hydrogens (primary N) is 1. The number of aromatic nitrogens is 2. The molecule has 2 saturated heterocycles. The fourth-order valence-corrected chi connectivity index (χ4v) is 3.77. The van der Waals surface area contributed by atoms with Crippen LogP contribution in [0.1, 0.15) is 38.5 Å². The average molecular weight is 346 g/mol. The maximum Gasteiger partial charge on any atom is 0.223 e. The maximum atomic E-state index is 11.8. The van der Waals surface area contributed by atoms with Crippen molar-refractivity contribution >= 4 is 23.5 Å². The van der Waals surface area contributed by atoms with Gasteiger partial charge in [0.05, 0.1) is 0 Å². The van der Waals surface area contributed by atoms with E-state index in [9.17, 15) is 4.79 Å². The number of rotatable bonds is 5. The first-order valence-electron chi connectivity index (χ1n) is 9.37. The minimum absolute atomic E-state index is 0.208. The van der Waals surface area contributed by atoms with Crippen molar-refractivity contribution in [2.45, 2.75) is 38.5 Å². The van der Waals surface area contributed by atoms with Crippen molar-refractivity contribution < 1.29 is 4.79 Å². The summed E-state index contributed by atoms with van der Waals surface area (Å²) in [5.74, 6) is 2.97. The van der Waals surface area contributed by atoms with Crippen LogP contribution in [0.4, 0.5) is 17.6 Å². The molecule has 1 atom stereocenters. The van der Waals surface area contributed by atoms with E-state index in [1.165, 1.54) is 19.3 Å². The highest BCUT2D eigenvalue weighted by Gasteiger charge is 2.24. The fraction of sp³-hybridized carbons (Fsp3) is 0.722. The number of hydrogen-bond acceptors (Lipinski definition) is 6. The van der Waals surface area contributed by atoms with Gasteiger partial charge in [0, 0.05) is 52.8 Å². The molecular formula is C18H30N6O. The zero-order valence-electron chi connectivity index (χ0n) is 15.4. The van der Waals surface area contributed by atoms with Crippen molar-refractivity contribution in [1.29, 1.82) is 0 Å². The molecule has 0 aromatic carbocycles. The second kappa shape index (κ2) is 7.89. The van der Waals surface area contributed by atoms with E-state index < -0.39 is 0 Å². The third kappa shape index (κ3) is 4.52. The van der Waals surface area contributed by atoms with Crippen LogP contribution in [-0.2, 0) is 4.79 Å². The molecule has 0 aliphatic carbocycles. The van der Waals surface area contributed by atoms with Crippen LogP contribution in [0.25, 0.3) is 0 Å². The molecule has 0 bridgehead atoms. The normalized spacial score (nSPS) is 20.8. The number of nitrogens with zero attached hydrogens (tertiary/aromatic N) is 5. The predicted molar refractivity (Wildman–Crippen MR) is 101 cm³/mol. The maximum absolute atomic E-state index is 11.8. The Labute approximate surface area is 150 Å². The molecule has 2 aliphatic heterocycles. The predicted octanol–water partition coefficient (Wildman–Crippen LogP) is 1.74. The van der Waals surface area contributed by atoms with Gasteiger partial charge in [-0.2, -0.15) is 9.97 Å². The van der Waals surface area contributed by atoms with E-state index in [1.54, 1.807) is 4.90 Å². The molecule has 2 fully saturated rings. The van der Waals surface area contributed by atoms with Crippen LogP contribution < -0.4 is 15.5 Å². The molecule has 25 heavy (non-hydrogen) atoms. The molecule has 1 aromatic heterocycles. The van der Waals surface area contributed by atoms with Crippen molar-refractivity contribution in [3.05, 3.63) is 6.07 Å². The Bertz CT molecular complexity index is 599. The van der Waals surface area contributed by atoms with Gasteiger partial charge in [-0.15, -0.1) is 0 Å². The van der Waals surface area contributed by atoms with E-state index in [2.05, 4.69) is 25.8 Å². The van der Waals surface area contributed by atoms with E-state index >= 15 is 0 Å². The summed E-state index contributed by atoms with van der Waals surface area (Å²) in [6.07, 6.45) is 6.29. The van der Waals surface area contributed by atoms with Gasteiger partial charge in [0.1, 0.15) is 11.6 Å². The summed E-state index contributed by atoms with van der Waals surface area (Å²) in [5.41, 5.74) is 5.97. The van der Waals surface area contributed by atoms with Crippen LogP contribution in [0.2, 0.25) is 0 Å². The monoisotopic (exact) mass is 346 g/mol. The van der Waals surface area contributed by atoms with Gasteiger partial charge in [-0.25, -0.2) is 0 Å². The molecule has 3 heterocycles. The van der Waals surface area contributed by atoms with Crippen LogP contribution in [0.15, 0.2) is 6.07 Å². The van der Waals surface area contributed by atoms with Gasteiger partial charge in [-0.3, -0.25) is 4.79 Å². The van der Waals surface area contributed by atoms with Crippen molar-refractivity contribution in [3.63, 3.8) is 0 Å². The lowest BCUT2D eigenvalue weighted by atomic mass is 9.93. The number of hydrogen-bond donors (Lipinski definition) is 1. The minimum atomic E-state index is 0.208. The summed E-state index contributed by atoms with van der Waals surface area (Å²) in [4.78, 5) is 27.0. The SMILES string of the molecule is CN(C)C(=O)CCC1CCCN(c2cc(N3CCCC3)nc(N)n2)C1. The first-order valence-corrected chi connectivity index (χ1v) is 9.37. The molecule has 0 radical (unpaired) electrons. The molecule has 138 valence electrons. The molecule has 1 amide bonds. The molecule has 1 aromatic rings. The second-order valence-electron chi connectivity index (χ2n) is 7.42. The highest BCUT2D eigenvalue weighted by molar-refractivity contribution is 5.75. The van der Waals surface area contributed by atoms with Crippen LogP contribution in [0, 0.1) is 5.92 Å². The Morgan fingerprint density at radius 1 is 1.16 bits per heavy atom. The van der Waals surface area contributed by atoms with Crippen LogP contribution in [0.3, 0.4) is 0 Å². The van der Waals surface area contributed by atoms with E-state index in [1.807, 2.05) is 14.1 Å². The van der Waals surface area contributed by atoms with Crippen LogP contribution >= 0.6 is 0 Å². The number of amides is 1. The summed E-state index contributed by atoms with van der Waals surface area (Å²) in [6, 6.07) is 2.08. The molecule has 3 rings (SSSR count). The van der Waals surface area contributed by atoms with Gasteiger partial charge in [0.2, 0.25) is 11.9 Å². The number of carbonyl (C=O) groups is 1. The Kier molecular flexibility index (Phi) is 5.60. The van der Waals surface area contributed by atoms with E-state index in [0.717, 1.165) is 50.7 Å². The number of anilines is 3. The zero-order valence-corrected chi connectivity index (χ0v) is 15.4. The fourth-order valence-electron chi connectivity index (χ4n) is 3.77. The molecule has 1 unspecified atom stereocenters. The molecule has 0 saturated carbocycles. The van der Waals surface area contributed by atoms with E-state index in [-0.39, 0.29) is 5.91 Å². The van der Waals surface area contributed by atoms with Gasteiger partial charge in [0.15, 0.2) is 0 Å². The minimum Gasteiger partial charge on any atom is -0.368 e. The Morgan fingerprint density at radius 3 is 2.48 bits per heavy atom. The molecule has 0 spiro atoms. The first-order chi connectivity index (χ1) is 12.0. The summed E-state index contributed by atoms with van der Waals surface area (Å²) >= 11 is 0. The van der Waals surface area contributed by atoms with Gasteiger partial charge in [-0.1, -0.05) is 0 Å². The third-order valence-corrected chi connectivity index (χ3v) is 5.25. The average Bonchev–Trinajstić information content (AvgIpc) is 3.14. The lowest BCUT2D eigenvalue weighted by Gasteiger charge is -2.34. The van der Waals surface area contributed by atoms with Crippen molar-refractivity contribution in [3.8, 4) is 0 Å². The standard InChI is InChI=1S/C18H30N6O/c1-22(2)17(25)8-7-14-6-5-11-24(13-14)16-12-15(20-18(19)21-16)23-9-3-4-10-23/h12,14H,3-11,13H2,1-2H3,(H2,19,20,21). The zero-order chi connectivity index (χ0) is 17.8. The van der Waals surface area contributed by atoms with Crippen molar-refractivity contribution in [2.24, 2.45) is 5.92 Å². The van der Waals surface area contributed by atoms with Crippen molar-refractivity contribution in [1.82, 2.24) is 14.9 Å². The molecule has 7 nitrogen and oxygen atoms in total. The van der Waals surface area contributed by atoms with E-state index in [4.69, 9.17) is 5.73 Å². The number of nitrogen functional groups attached to an aromatic ring is 1. The summed E-state index contributed by atoms with van der Waals surface area (Å²) < 4.78 is 0. The molecule has 7 heteroatoms. The van der Waals surface area contributed by atoms with E-state index in [0.29, 0.717) is 18.3 Å². The van der Waals surface area contributed by atoms with Gasteiger partial charge < -0.3 is 20.4 Å². The van der Waals surface area contributed by atoms with Gasteiger partial charge >= 0.3 is 0 Å². The third-order valence-electron chi connectivity index (χ3n) is 5.25. The van der Waals surface area contributed by atoms with Crippen LogP contribution in [0.5, 0.6) is 0 Å². The summed E-state index contributed by atoms with van der Waals surface area (Å²) in [5, 5.41) is 0. The Balaban J connectivity index is 1.65. The lowest BCUT2D eigenvalue weighted by molar-refractivity contribution is -0.129. The number of piperidine rings is 1. The first kappa shape index (κ1) is 17.8. The molecular weight excluding hydrogens is 316 g/mol. The highest BCUT2D eigenvalue weighted by atomic mass is 16.2. The largest absolute Gasteiger partial charge is 0.368 e. The van der Waals surface area contributed by atoms with Crippen LogP contribution in [-0.4, -0.2) is 61.0 Å². The summed E-state index contributed by atoms with van der Waals surface area (Å²) in [6.45, 7) is 4.03. The quantitative estimate of drug-likeness (QED) is 0.875. The topological polar surface area (TPSA) is 78.6 Å². The smallest absolute Gasteiger partial charge is 0.223 e. The molecule has 2 N–H and O–H groups in total. The van der Waals surface area contributed by atoms with Crippen molar-refractivity contribution in [2.75, 3.05) is 55.8 Å². The Morgan fingerprint density at radius 2 is 1.80 bits per heavy atom. The molecule has 2 aliphatic rings.